The molecule has 4 nitrogen and oxygen atoms in total. The van der Waals surface area contributed by atoms with Crippen LogP contribution in [0.5, 0.6) is 5.75 Å². The molecule has 0 heterocycles. The standard InChI is InChI=1S/C15H22N2O2/c1-16-10-9-14(18)17-15(11-3-4-11)12-5-7-13(19-2)8-6-12/h5-8,11,15-16H,3-4,9-10H2,1-2H3,(H,17,18). The monoisotopic (exact) mass is 262 g/mol. The van der Waals surface area contributed by atoms with E-state index in [1.54, 1.807) is 7.11 Å². The van der Waals surface area contributed by atoms with Gasteiger partial charge in [-0.3, -0.25) is 4.79 Å². The summed E-state index contributed by atoms with van der Waals surface area (Å²) in [6.45, 7) is 0.714. The Hall–Kier alpha value is -1.55. The maximum atomic E-state index is 11.9. The topological polar surface area (TPSA) is 50.4 Å². The van der Waals surface area contributed by atoms with Crippen molar-refractivity contribution in [3.63, 3.8) is 0 Å². The van der Waals surface area contributed by atoms with Crippen LogP contribution in [0.15, 0.2) is 24.3 Å². The molecule has 1 aliphatic carbocycles. The van der Waals surface area contributed by atoms with Gasteiger partial charge in [-0.15, -0.1) is 0 Å². The van der Waals surface area contributed by atoms with E-state index < -0.39 is 0 Å². The molecule has 0 bridgehead atoms. The summed E-state index contributed by atoms with van der Waals surface area (Å²) < 4.78 is 5.16. The SMILES string of the molecule is CNCCC(=O)NC(c1ccc(OC)cc1)C1CC1. The lowest BCUT2D eigenvalue weighted by Gasteiger charge is -2.19. The summed E-state index contributed by atoms with van der Waals surface area (Å²) in [5.41, 5.74) is 1.17. The Bertz CT molecular complexity index is 413. The summed E-state index contributed by atoms with van der Waals surface area (Å²) >= 11 is 0. The Kier molecular flexibility index (Phi) is 4.80. The van der Waals surface area contributed by atoms with Gasteiger partial charge in [0.25, 0.3) is 0 Å². The molecule has 0 aliphatic heterocycles. The van der Waals surface area contributed by atoms with Crippen LogP contribution in [0.4, 0.5) is 0 Å². The molecule has 1 saturated carbocycles. The van der Waals surface area contributed by atoms with Gasteiger partial charge < -0.3 is 15.4 Å². The first-order valence-electron chi connectivity index (χ1n) is 6.82. The normalized spacial score (nSPS) is 15.9. The second-order valence-corrected chi connectivity index (χ2v) is 5.01. The lowest BCUT2D eigenvalue weighted by atomic mass is 10.0. The molecule has 2 rings (SSSR count). The number of hydrogen-bond acceptors (Lipinski definition) is 3. The first kappa shape index (κ1) is 13.9. The van der Waals surface area contributed by atoms with Gasteiger partial charge in [-0.25, -0.2) is 0 Å². The molecule has 1 fully saturated rings. The van der Waals surface area contributed by atoms with Crippen LogP contribution in [0.25, 0.3) is 0 Å². The van der Waals surface area contributed by atoms with Gasteiger partial charge in [0, 0.05) is 13.0 Å². The fourth-order valence-electron chi connectivity index (χ4n) is 2.20. The zero-order valence-corrected chi connectivity index (χ0v) is 11.6. The van der Waals surface area contributed by atoms with Crippen molar-refractivity contribution in [2.24, 2.45) is 5.92 Å². The molecule has 0 radical (unpaired) electrons. The smallest absolute Gasteiger partial charge is 0.221 e. The largest absolute Gasteiger partial charge is 0.497 e. The summed E-state index contributed by atoms with van der Waals surface area (Å²) in [4.78, 5) is 11.9. The Morgan fingerprint density at radius 2 is 2.05 bits per heavy atom. The van der Waals surface area contributed by atoms with Gasteiger partial charge >= 0.3 is 0 Å². The van der Waals surface area contributed by atoms with E-state index in [2.05, 4.69) is 10.6 Å². The third-order valence-electron chi connectivity index (χ3n) is 3.49. The van der Waals surface area contributed by atoms with E-state index >= 15 is 0 Å². The van der Waals surface area contributed by atoms with Crippen molar-refractivity contribution < 1.29 is 9.53 Å². The molecule has 1 atom stereocenters. The molecule has 2 N–H and O–H groups in total. The van der Waals surface area contributed by atoms with Crippen LogP contribution in [0.2, 0.25) is 0 Å². The predicted molar refractivity (Wildman–Crippen MR) is 75.1 cm³/mol. The van der Waals surface area contributed by atoms with Crippen molar-refractivity contribution in [3.05, 3.63) is 29.8 Å². The van der Waals surface area contributed by atoms with E-state index in [9.17, 15) is 4.79 Å². The zero-order valence-electron chi connectivity index (χ0n) is 11.6. The summed E-state index contributed by atoms with van der Waals surface area (Å²) in [5, 5.41) is 6.14. The molecule has 104 valence electrons. The third-order valence-corrected chi connectivity index (χ3v) is 3.49. The van der Waals surface area contributed by atoms with Crippen molar-refractivity contribution in [2.45, 2.75) is 25.3 Å². The molecule has 1 unspecified atom stereocenters. The van der Waals surface area contributed by atoms with E-state index in [0.29, 0.717) is 18.9 Å². The molecule has 0 spiro atoms. The molecule has 1 aliphatic rings. The summed E-state index contributed by atoms with van der Waals surface area (Å²) in [7, 11) is 3.52. The van der Waals surface area contributed by atoms with Gasteiger partial charge in [-0.05, 0) is 43.5 Å². The average Bonchev–Trinajstić information content (AvgIpc) is 3.27. The maximum absolute atomic E-state index is 11.9. The van der Waals surface area contributed by atoms with Crippen molar-refractivity contribution in [1.29, 1.82) is 0 Å². The number of ether oxygens (including phenoxy) is 1. The highest BCUT2D eigenvalue weighted by Gasteiger charge is 2.33. The number of carbonyl (C=O) groups is 1. The van der Waals surface area contributed by atoms with Crippen LogP contribution >= 0.6 is 0 Å². The summed E-state index contributed by atoms with van der Waals surface area (Å²) in [5.74, 6) is 1.55. The number of amides is 1. The highest BCUT2D eigenvalue weighted by Crippen LogP contribution is 2.41. The predicted octanol–water partition coefficient (Wildman–Crippen LogP) is 1.87. The summed E-state index contributed by atoms with van der Waals surface area (Å²) in [6, 6.07) is 8.13. The van der Waals surface area contributed by atoms with Gasteiger partial charge in [0.1, 0.15) is 5.75 Å². The number of benzene rings is 1. The first-order valence-corrected chi connectivity index (χ1v) is 6.82. The number of rotatable bonds is 7. The second-order valence-electron chi connectivity index (χ2n) is 5.01. The molecular weight excluding hydrogens is 240 g/mol. The quantitative estimate of drug-likeness (QED) is 0.788. The van der Waals surface area contributed by atoms with E-state index in [0.717, 1.165) is 5.75 Å². The first-order chi connectivity index (χ1) is 9.24. The second kappa shape index (κ2) is 6.57. The molecule has 0 saturated heterocycles. The van der Waals surface area contributed by atoms with Crippen LogP contribution in [0.1, 0.15) is 30.9 Å². The van der Waals surface area contributed by atoms with Gasteiger partial charge in [0.2, 0.25) is 5.91 Å². The molecule has 19 heavy (non-hydrogen) atoms. The average molecular weight is 262 g/mol. The molecular formula is C15H22N2O2. The van der Waals surface area contributed by atoms with Crippen LogP contribution in [-0.4, -0.2) is 26.6 Å². The lowest BCUT2D eigenvalue weighted by Crippen LogP contribution is -2.31. The van der Waals surface area contributed by atoms with Gasteiger partial charge in [0.15, 0.2) is 0 Å². The number of methoxy groups -OCH3 is 1. The van der Waals surface area contributed by atoms with E-state index in [1.165, 1.54) is 18.4 Å². The lowest BCUT2D eigenvalue weighted by molar-refractivity contribution is -0.121. The van der Waals surface area contributed by atoms with E-state index in [-0.39, 0.29) is 11.9 Å². The van der Waals surface area contributed by atoms with Crippen LogP contribution < -0.4 is 15.4 Å². The zero-order chi connectivity index (χ0) is 13.7. The molecule has 0 aromatic heterocycles. The summed E-state index contributed by atoms with van der Waals surface area (Å²) in [6.07, 6.45) is 2.92. The van der Waals surface area contributed by atoms with Crippen molar-refractivity contribution in [1.82, 2.24) is 10.6 Å². The Labute approximate surface area is 114 Å². The number of hydrogen-bond donors (Lipinski definition) is 2. The number of carbonyl (C=O) groups excluding carboxylic acids is 1. The minimum atomic E-state index is 0.113. The fourth-order valence-corrected chi connectivity index (χ4v) is 2.20. The van der Waals surface area contributed by atoms with Crippen molar-refractivity contribution >= 4 is 5.91 Å². The van der Waals surface area contributed by atoms with Crippen LogP contribution in [0.3, 0.4) is 0 Å². The van der Waals surface area contributed by atoms with Gasteiger partial charge in [-0.1, -0.05) is 12.1 Å². The minimum absolute atomic E-state index is 0.113. The van der Waals surface area contributed by atoms with Crippen molar-refractivity contribution in [2.75, 3.05) is 20.7 Å². The Morgan fingerprint density at radius 3 is 2.58 bits per heavy atom. The van der Waals surface area contributed by atoms with Gasteiger partial charge in [0.05, 0.1) is 13.2 Å². The molecule has 1 amide bonds. The molecule has 4 heteroatoms. The Balaban J connectivity index is 2.00. The maximum Gasteiger partial charge on any atom is 0.221 e. The molecule has 1 aromatic rings. The Morgan fingerprint density at radius 1 is 1.37 bits per heavy atom. The van der Waals surface area contributed by atoms with Crippen molar-refractivity contribution in [3.8, 4) is 5.75 Å². The number of nitrogens with one attached hydrogen (secondary N) is 2. The highest BCUT2D eigenvalue weighted by molar-refractivity contribution is 5.76. The molecule has 1 aromatic carbocycles. The highest BCUT2D eigenvalue weighted by atomic mass is 16.5. The van der Waals surface area contributed by atoms with Crippen LogP contribution in [-0.2, 0) is 4.79 Å². The fraction of sp³-hybridized carbons (Fsp3) is 0.533. The van der Waals surface area contributed by atoms with Crippen LogP contribution in [0, 0.1) is 5.92 Å². The van der Waals surface area contributed by atoms with Gasteiger partial charge in [-0.2, -0.15) is 0 Å². The van der Waals surface area contributed by atoms with E-state index in [1.807, 2.05) is 31.3 Å². The van der Waals surface area contributed by atoms with E-state index in [4.69, 9.17) is 4.74 Å². The third kappa shape index (κ3) is 3.96. The minimum Gasteiger partial charge on any atom is -0.497 e.